The van der Waals surface area contributed by atoms with Crippen molar-refractivity contribution in [2.75, 3.05) is 26.1 Å². The molecule has 1 amide bonds. The molecule has 0 spiro atoms. The zero-order valence-electron chi connectivity index (χ0n) is 15.9. The Morgan fingerprint density at radius 3 is 2.26 bits per heavy atom. The smallest absolute Gasteiger partial charge is 0.310 e. The molecule has 0 unspecified atom stereocenters. The van der Waals surface area contributed by atoms with E-state index in [2.05, 4.69) is 5.32 Å². The number of methoxy groups -OCH3 is 2. The van der Waals surface area contributed by atoms with Crippen LogP contribution in [0.2, 0.25) is 0 Å². The van der Waals surface area contributed by atoms with Gasteiger partial charge in [-0.05, 0) is 67.9 Å². The second kappa shape index (κ2) is 7.41. The van der Waals surface area contributed by atoms with Gasteiger partial charge in [-0.2, -0.15) is 0 Å². The van der Waals surface area contributed by atoms with E-state index < -0.39 is 0 Å². The second-order valence-electron chi connectivity index (χ2n) is 8.18. The molecule has 4 aliphatic carbocycles. The molecule has 0 aliphatic heterocycles. The molecular formula is C21H27NO5. The van der Waals surface area contributed by atoms with Crippen molar-refractivity contribution in [3.63, 3.8) is 0 Å². The number of carbonyl (C=O) groups excluding carboxylic acids is 2. The average molecular weight is 373 g/mol. The number of anilines is 1. The van der Waals surface area contributed by atoms with Gasteiger partial charge in [0.25, 0.3) is 5.91 Å². The highest BCUT2D eigenvalue weighted by Crippen LogP contribution is 2.56. The third-order valence-corrected chi connectivity index (χ3v) is 6.53. The summed E-state index contributed by atoms with van der Waals surface area (Å²) in [6.07, 6.45) is 5.97. The number of ether oxygens (including phenoxy) is 3. The number of benzene rings is 1. The van der Waals surface area contributed by atoms with Crippen LogP contribution in [0, 0.1) is 29.6 Å². The van der Waals surface area contributed by atoms with Crippen molar-refractivity contribution in [2.45, 2.75) is 32.1 Å². The predicted molar refractivity (Wildman–Crippen MR) is 99.7 cm³/mol. The quantitative estimate of drug-likeness (QED) is 0.775. The summed E-state index contributed by atoms with van der Waals surface area (Å²) in [5.74, 6) is 3.09. The van der Waals surface area contributed by atoms with Gasteiger partial charge in [-0.3, -0.25) is 9.59 Å². The number of rotatable bonds is 6. The van der Waals surface area contributed by atoms with Crippen LogP contribution in [-0.4, -0.2) is 32.7 Å². The Morgan fingerprint density at radius 2 is 1.67 bits per heavy atom. The van der Waals surface area contributed by atoms with E-state index in [4.69, 9.17) is 14.2 Å². The number of nitrogens with one attached hydrogen (secondary N) is 1. The molecule has 4 bridgehead atoms. The number of esters is 1. The number of hydrogen-bond acceptors (Lipinski definition) is 5. The minimum Gasteiger partial charge on any atom is -0.497 e. The van der Waals surface area contributed by atoms with Gasteiger partial charge in [0.05, 0.1) is 25.8 Å². The summed E-state index contributed by atoms with van der Waals surface area (Å²) in [6.45, 7) is -0.267. The summed E-state index contributed by atoms with van der Waals surface area (Å²) in [5.41, 5.74) is 0.522. The molecule has 27 heavy (non-hydrogen) atoms. The lowest BCUT2D eigenvalue weighted by Gasteiger charge is -2.53. The maximum Gasteiger partial charge on any atom is 0.310 e. The van der Waals surface area contributed by atoms with Gasteiger partial charge in [-0.15, -0.1) is 0 Å². The minimum absolute atomic E-state index is 0.0128. The van der Waals surface area contributed by atoms with E-state index in [-0.39, 0.29) is 24.4 Å². The van der Waals surface area contributed by atoms with Crippen LogP contribution in [0.3, 0.4) is 0 Å². The van der Waals surface area contributed by atoms with E-state index >= 15 is 0 Å². The van der Waals surface area contributed by atoms with Crippen molar-refractivity contribution in [3.05, 3.63) is 18.2 Å². The number of amides is 1. The molecule has 4 fully saturated rings. The Kier molecular flexibility index (Phi) is 4.98. The molecular weight excluding hydrogens is 346 g/mol. The van der Waals surface area contributed by atoms with E-state index in [1.54, 1.807) is 25.3 Å². The molecule has 0 aromatic heterocycles. The van der Waals surface area contributed by atoms with Crippen LogP contribution in [-0.2, 0) is 14.3 Å². The first-order valence-electron chi connectivity index (χ1n) is 9.76. The fourth-order valence-corrected chi connectivity index (χ4v) is 5.63. The molecule has 5 rings (SSSR count). The van der Waals surface area contributed by atoms with Gasteiger partial charge in [-0.1, -0.05) is 0 Å². The average Bonchev–Trinajstić information content (AvgIpc) is 2.65. The fraction of sp³-hybridized carbons (Fsp3) is 0.619. The Hall–Kier alpha value is -2.24. The summed E-state index contributed by atoms with van der Waals surface area (Å²) < 4.78 is 15.8. The highest BCUT2D eigenvalue weighted by Gasteiger charge is 2.51. The first-order chi connectivity index (χ1) is 13.1. The van der Waals surface area contributed by atoms with Crippen LogP contribution in [0.25, 0.3) is 0 Å². The molecule has 4 saturated carbocycles. The van der Waals surface area contributed by atoms with E-state index in [0.717, 1.165) is 37.5 Å². The SMILES string of the molecule is COc1ccc(NC(=O)COC(=O)C2C3CC4CC(C3)CC2C4)c(OC)c1. The van der Waals surface area contributed by atoms with E-state index in [0.29, 0.717) is 29.0 Å². The molecule has 0 heterocycles. The van der Waals surface area contributed by atoms with Gasteiger partial charge in [0.2, 0.25) is 0 Å². The summed E-state index contributed by atoms with van der Waals surface area (Å²) in [6, 6.07) is 5.13. The Morgan fingerprint density at radius 1 is 1.00 bits per heavy atom. The van der Waals surface area contributed by atoms with Crippen molar-refractivity contribution in [2.24, 2.45) is 29.6 Å². The van der Waals surface area contributed by atoms with Crippen molar-refractivity contribution < 1.29 is 23.8 Å². The first-order valence-corrected chi connectivity index (χ1v) is 9.76. The normalized spacial score (nSPS) is 30.7. The lowest BCUT2D eigenvalue weighted by molar-refractivity contribution is -0.164. The van der Waals surface area contributed by atoms with Gasteiger partial charge in [0.1, 0.15) is 11.5 Å². The lowest BCUT2D eigenvalue weighted by Crippen LogP contribution is -2.48. The summed E-state index contributed by atoms with van der Waals surface area (Å²) >= 11 is 0. The van der Waals surface area contributed by atoms with Crippen LogP contribution in [0.4, 0.5) is 5.69 Å². The maximum atomic E-state index is 12.7. The van der Waals surface area contributed by atoms with Gasteiger partial charge in [0.15, 0.2) is 6.61 Å². The third-order valence-electron chi connectivity index (χ3n) is 6.53. The molecule has 6 nitrogen and oxygen atoms in total. The van der Waals surface area contributed by atoms with Gasteiger partial charge < -0.3 is 19.5 Å². The number of carbonyl (C=O) groups is 2. The van der Waals surface area contributed by atoms with Crippen molar-refractivity contribution in [3.8, 4) is 11.5 Å². The van der Waals surface area contributed by atoms with E-state index in [1.165, 1.54) is 13.5 Å². The molecule has 1 aromatic carbocycles. The zero-order chi connectivity index (χ0) is 19.0. The Labute approximate surface area is 159 Å². The molecule has 0 radical (unpaired) electrons. The molecule has 6 heteroatoms. The molecule has 1 aromatic rings. The van der Waals surface area contributed by atoms with Crippen LogP contribution in [0.15, 0.2) is 18.2 Å². The van der Waals surface area contributed by atoms with Gasteiger partial charge in [-0.25, -0.2) is 0 Å². The highest BCUT2D eigenvalue weighted by molar-refractivity contribution is 5.94. The van der Waals surface area contributed by atoms with Crippen molar-refractivity contribution in [1.29, 1.82) is 0 Å². The first kappa shape index (κ1) is 18.1. The van der Waals surface area contributed by atoms with E-state index in [1.807, 2.05) is 0 Å². The third kappa shape index (κ3) is 3.62. The fourth-order valence-electron chi connectivity index (χ4n) is 5.63. The van der Waals surface area contributed by atoms with E-state index in [9.17, 15) is 9.59 Å². The van der Waals surface area contributed by atoms with Crippen LogP contribution in [0.1, 0.15) is 32.1 Å². The lowest BCUT2D eigenvalue weighted by atomic mass is 9.52. The highest BCUT2D eigenvalue weighted by atomic mass is 16.5. The molecule has 0 saturated heterocycles. The zero-order valence-corrected chi connectivity index (χ0v) is 15.9. The summed E-state index contributed by atoms with van der Waals surface area (Å²) in [7, 11) is 3.09. The molecule has 1 N–H and O–H groups in total. The van der Waals surface area contributed by atoms with Gasteiger partial charge >= 0.3 is 5.97 Å². The monoisotopic (exact) mass is 373 g/mol. The summed E-state index contributed by atoms with van der Waals surface area (Å²) in [5, 5.41) is 2.74. The standard InChI is InChI=1S/C21H27NO5/c1-25-16-3-4-17(18(10-16)26-2)22-19(23)11-27-21(24)20-14-6-12-5-13(8-14)9-15(20)7-12/h3-4,10,12-15,20H,5-9,11H2,1-2H3,(H,22,23). The largest absolute Gasteiger partial charge is 0.497 e. The Balaban J connectivity index is 1.32. The second-order valence-corrected chi connectivity index (χ2v) is 8.18. The topological polar surface area (TPSA) is 73.9 Å². The predicted octanol–water partition coefficient (Wildman–Crippen LogP) is 3.26. The molecule has 0 atom stereocenters. The van der Waals surface area contributed by atoms with Crippen molar-refractivity contribution in [1.82, 2.24) is 0 Å². The maximum absolute atomic E-state index is 12.7. The molecule has 4 aliphatic rings. The minimum atomic E-state index is -0.365. The Bertz CT molecular complexity index is 703. The summed E-state index contributed by atoms with van der Waals surface area (Å²) in [4.78, 5) is 24.9. The van der Waals surface area contributed by atoms with Gasteiger partial charge in [0, 0.05) is 6.07 Å². The number of hydrogen-bond donors (Lipinski definition) is 1. The molecule has 146 valence electrons. The van der Waals surface area contributed by atoms with Crippen molar-refractivity contribution >= 4 is 17.6 Å². The van der Waals surface area contributed by atoms with Crippen LogP contribution < -0.4 is 14.8 Å². The van der Waals surface area contributed by atoms with Crippen LogP contribution in [0.5, 0.6) is 11.5 Å². The van der Waals surface area contributed by atoms with Crippen LogP contribution >= 0.6 is 0 Å².